The van der Waals surface area contributed by atoms with Gasteiger partial charge in [0.15, 0.2) is 0 Å². The molecule has 19 heavy (non-hydrogen) atoms. The number of benzene rings is 1. The summed E-state index contributed by atoms with van der Waals surface area (Å²) in [6.45, 7) is 1.98. The number of primary amides is 1. The van der Waals surface area contributed by atoms with E-state index in [4.69, 9.17) is 5.73 Å². The Morgan fingerprint density at radius 1 is 1.32 bits per heavy atom. The maximum atomic E-state index is 11.7. The summed E-state index contributed by atoms with van der Waals surface area (Å²) in [6, 6.07) is 7.21. The molecule has 1 aliphatic carbocycles. The number of aryl methyl sites for hydroxylation is 1. The van der Waals surface area contributed by atoms with Gasteiger partial charge in [0.05, 0.1) is 6.42 Å². The number of rotatable bonds is 6. The predicted octanol–water partition coefficient (Wildman–Crippen LogP) is 0.930. The van der Waals surface area contributed by atoms with Crippen molar-refractivity contribution in [1.29, 1.82) is 0 Å². The van der Waals surface area contributed by atoms with Crippen LogP contribution >= 0.6 is 0 Å². The minimum atomic E-state index is -0.679. The van der Waals surface area contributed by atoms with Crippen molar-refractivity contribution in [2.24, 2.45) is 5.73 Å². The first-order valence-electron chi connectivity index (χ1n) is 6.46. The zero-order chi connectivity index (χ0) is 13.8. The van der Waals surface area contributed by atoms with Crippen molar-refractivity contribution in [3.05, 3.63) is 29.8 Å². The van der Waals surface area contributed by atoms with Gasteiger partial charge in [0, 0.05) is 11.7 Å². The maximum Gasteiger partial charge on any atom is 0.240 e. The van der Waals surface area contributed by atoms with Gasteiger partial charge in [-0.05, 0) is 31.9 Å². The highest BCUT2D eigenvalue weighted by Crippen LogP contribution is 2.19. The van der Waals surface area contributed by atoms with Gasteiger partial charge in [0.25, 0.3) is 0 Å². The van der Waals surface area contributed by atoms with E-state index in [2.05, 4.69) is 10.6 Å². The molecule has 0 heterocycles. The van der Waals surface area contributed by atoms with E-state index in [9.17, 15) is 9.59 Å². The Hall–Kier alpha value is -2.04. The van der Waals surface area contributed by atoms with Crippen molar-refractivity contribution < 1.29 is 9.59 Å². The summed E-state index contributed by atoms with van der Waals surface area (Å²) in [7, 11) is 0. The van der Waals surface area contributed by atoms with Crippen molar-refractivity contribution in [3.8, 4) is 0 Å². The fourth-order valence-corrected chi connectivity index (χ4v) is 1.77. The molecular formula is C14H19N3O2. The van der Waals surface area contributed by atoms with Gasteiger partial charge in [-0.1, -0.05) is 17.7 Å². The van der Waals surface area contributed by atoms with Crippen LogP contribution in [0.5, 0.6) is 0 Å². The molecule has 0 saturated heterocycles. The highest BCUT2D eigenvalue weighted by atomic mass is 16.2. The molecule has 1 aromatic carbocycles. The number of carbonyl (C=O) groups excluding carboxylic acids is 2. The van der Waals surface area contributed by atoms with E-state index in [0.29, 0.717) is 6.04 Å². The number of nitrogens with one attached hydrogen (secondary N) is 2. The van der Waals surface area contributed by atoms with Gasteiger partial charge in [0.1, 0.15) is 6.04 Å². The van der Waals surface area contributed by atoms with Crippen LogP contribution in [0.4, 0.5) is 5.69 Å². The third-order valence-corrected chi connectivity index (χ3v) is 3.07. The molecule has 5 heteroatoms. The van der Waals surface area contributed by atoms with Crippen LogP contribution in [0, 0.1) is 6.92 Å². The number of anilines is 1. The molecule has 1 saturated carbocycles. The standard InChI is InChI=1S/C14H19N3O2/c1-9-2-4-10(5-3-9)16-12(14(15)19)8-13(18)17-11-6-7-11/h2-5,11-12,16H,6-8H2,1H3,(H2,15,19)(H,17,18). The fourth-order valence-electron chi connectivity index (χ4n) is 1.77. The summed E-state index contributed by atoms with van der Waals surface area (Å²) >= 11 is 0. The number of hydrogen-bond acceptors (Lipinski definition) is 3. The third kappa shape index (κ3) is 4.28. The molecule has 0 radical (unpaired) electrons. The van der Waals surface area contributed by atoms with Gasteiger partial charge in [-0.3, -0.25) is 9.59 Å². The van der Waals surface area contributed by atoms with Crippen molar-refractivity contribution >= 4 is 17.5 Å². The molecule has 0 spiro atoms. The molecule has 2 amide bonds. The van der Waals surface area contributed by atoms with Gasteiger partial charge >= 0.3 is 0 Å². The highest BCUT2D eigenvalue weighted by molar-refractivity contribution is 5.89. The zero-order valence-corrected chi connectivity index (χ0v) is 11.0. The predicted molar refractivity (Wildman–Crippen MR) is 73.6 cm³/mol. The Kier molecular flexibility index (Phi) is 4.04. The van der Waals surface area contributed by atoms with E-state index in [1.54, 1.807) is 0 Å². The molecule has 102 valence electrons. The summed E-state index contributed by atoms with van der Waals surface area (Å²) in [4.78, 5) is 23.1. The third-order valence-electron chi connectivity index (χ3n) is 3.07. The van der Waals surface area contributed by atoms with Gasteiger partial charge in [-0.25, -0.2) is 0 Å². The molecule has 4 N–H and O–H groups in total. The number of amides is 2. The second-order valence-corrected chi connectivity index (χ2v) is 5.01. The summed E-state index contributed by atoms with van der Waals surface area (Å²) in [5.41, 5.74) is 7.25. The number of carbonyl (C=O) groups is 2. The summed E-state index contributed by atoms with van der Waals surface area (Å²) < 4.78 is 0. The Labute approximate surface area is 112 Å². The van der Waals surface area contributed by atoms with Crippen LogP contribution in [-0.4, -0.2) is 23.9 Å². The highest BCUT2D eigenvalue weighted by Gasteiger charge is 2.26. The van der Waals surface area contributed by atoms with Crippen molar-refractivity contribution in [2.45, 2.75) is 38.3 Å². The Bertz CT molecular complexity index is 466. The van der Waals surface area contributed by atoms with Crippen LogP contribution in [-0.2, 0) is 9.59 Å². The molecule has 0 aliphatic heterocycles. The lowest BCUT2D eigenvalue weighted by molar-refractivity contribution is -0.125. The minimum Gasteiger partial charge on any atom is -0.373 e. The first-order chi connectivity index (χ1) is 9.04. The minimum absolute atomic E-state index is 0.0692. The van der Waals surface area contributed by atoms with Gasteiger partial charge in [-0.2, -0.15) is 0 Å². The van der Waals surface area contributed by atoms with Crippen LogP contribution in [0.15, 0.2) is 24.3 Å². The van der Waals surface area contributed by atoms with Gasteiger partial charge in [-0.15, -0.1) is 0 Å². The molecule has 0 aromatic heterocycles. The molecule has 1 aliphatic rings. The van der Waals surface area contributed by atoms with E-state index in [-0.39, 0.29) is 12.3 Å². The lowest BCUT2D eigenvalue weighted by atomic mass is 10.1. The SMILES string of the molecule is Cc1ccc(NC(CC(=O)NC2CC2)C(N)=O)cc1. The Balaban J connectivity index is 1.93. The molecule has 1 atom stereocenters. The largest absolute Gasteiger partial charge is 0.373 e. The second kappa shape index (κ2) is 5.73. The van der Waals surface area contributed by atoms with Crippen molar-refractivity contribution in [2.75, 3.05) is 5.32 Å². The molecule has 2 rings (SSSR count). The average molecular weight is 261 g/mol. The lowest BCUT2D eigenvalue weighted by Gasteiger charge is -2.16. The summed E-state index contributed by atoms with van der Waals surface area (Å²) in [5.74, 6) is -0.655. The van der Waals surface area contributed by atoms with E-state index in [1.165, 1.54) is 0 Å². The first-order valence-corrected chi connectivity index (χ1v) is 6.46. The molecule has 1 unspecified atom stereocenters. The molecule has 0 bridgehead atoms. The van der Waals surface area contributed by atoms with Gasteiger partial charge in [0.2, 0.25) is 11.8 Å². The van der Waals surface area contributed by atoms with E-state index in [0.717, 1.165) is 24.1 Å². The van der Waals surface area contributed by atoms with Gasteiger partial charge < -0.3 is 16.4 Å². The van der Waals surface area contributed by atoms with Crippen LogP contribution < -0.4 is 16.4 Å². The smallest absolute Gasteiger partial charge is 0.240 e. The molecule has 1 fully saturated rings. The Morgan fingerprint density at radius 3 is 2.47 bits per heavy atom. The first kappa shape index (κ1) is 13.4. The Morgan fingerprint density at radius 2 is 1.95 bits per heavy atom. The normalized spacial score (nSPS) is 15.6. The van der Waals surface area contributed by atoms with Crippen molar-refractivity contribution in [1.82, 2.24) is 5.32 Å². The van der Waals surface area contributed by atoms with Crippen LogP contribution in [0.3, 0.4) is 0 Å². The monoisotopic (exact) mass is 261 g/mol. The van der Waals surface area contributed by atoms with Crippen LogP contribution in [0.2, 0.25) is 0 Å². The average Bonchev–Trinajstić information content (AvgIpc) is 3.14. The molecular weight excluding hydrogens is 242 g/mol. The lowest BCUT2D eigenvalue weighted by Crippen LogP contribution is -2.40. The summed E-state index contributed by atoms with van der Waals surface area (Å²) in [5, 5.41) is 5.84. The van der Waals surface area contributed by atoms with Crippen molar-refractivity contribution in [3.63, 3.8) is 0 Å². The quantitative estimate of drug-likeness (QED) is 0.712. The number of hydrogen-bond donors (Lipinski definition) is 3. The summed E-state index contributed by atoms with van der Waals surface area (Å²) in [6.07, 6.45) is 2.12. The molecule has 5 nitrogen and oxygen atoms in total. The maximum absolute atomic E-state index is 11.7. The zero-order valence-electron chi connectivity index (χ0n) is 11.0. The van der Waals surface area contributed by atoms with E-state index < -0.39 is 11.9 Å². The van der Waals surface area contributed by atoms with Crippen LogP contribution in [0.1, 0.15) is 24.8 Å². The topological polar surface area (TPSA) is 84.2 Å². The second-order valence-electron chi connectivity index (χ2n) is 5.01. The fraction of sp³-hybridized carbons (Fsp3) is 0.429. The number of nitrogens with two attached hydrogens (primary N) is 1. The van der Waals surface area contributed by atoms with E-state index in [1.807, 2.05) is 31.2 Å². The van der Waals surface area contributed by atoms with Crippen LogP contribution in [0.25, 0.3) is 0 Å². The molecule has 1 aromatic rings. The van der Waals surface area contributed by atoms with E-state index >= 15 is 0 Å².